The maximum atomic E-state index is 13.3. The summed E-state index contributed by atoms with van der Waals surface area (Å²) in [5, 5.41) is 1.41. The topological polar surface area (TPSA) is 89.5 Å². The van der Waals surface area contributed by atoms with Crippen LogP contribution in [0.15, 0.2) is 36.9 Å². The number of esters is 1. The van der Waals surface area contributed by atoms with E-state index in [4.69, 9.17) is 4.74 Å². The fraction of sp³-hybridized carbons (Fsp3) is 0.300. The monoisotopic (exact) mass is 439 g/mol. The number of aryl methyl sites for hydroxylation is 1. The Morgan fingerprint density at radius 1 is 1.31 bits per heavy atom. The van der Waals surface area contributed by atoms with Crippen LogP contribution in [0.1, 0.15) is 29.1 Å². The number of nitrogens with one attached hydrogen (secondary N) is 1. The Hall–Kier alpha value is -2.52. The minimum atomic E-state index is -3.72. The lowest BCUT2D eigenvalue weighted by atomic mass is 10.0. The molecule has 0 bridgehead atoms. The summed E-state index contributed by atoms with van der Waals surface area (Å²) < 4.78 is 42.7. The van der Waals surface area contributed by atoms with E-state index in [2.05, 4.69) is 11.9 Å². The van der Waals surface area contributed by atoms with Crippen molar-refractivity contribution in [3.63, 3.8) is 0 Å². The van der Waals surface area contributed by atoms with Crippen molar-refractivity contribution in [3.05, 3.63) is 53.2 Å². The van der Waals surface area contributed by atoms with Crippen LogP contribution in [0.4, 0.5) is 9.39 Å². The van der Waals surface area contributed by atoms with E-state index in [9.17, 15) is 22.4 Å². The SMILES string of the molecule is C=CCS(=O)(=O)C(C)C(=O)Nc1sc(C)c(-c2ccc(F)cc2)c1C(=O)OCC. The Morgan fingerprint density at radius 2 is 1.93 bits per heavy atom. The van der Waals surface area contributed by atoms with E-state index in [1.54, 1.807) is 13.8 Å². The number of rotatable bonds is 8. The van der Waals surface area contributed by atoms with Crippen molar-refractivity contribution in [2.24, 2.45) is 0 Å². The highest BCUT2D eigenvalue weighted by Gasteiger charge is 2.30. The number of amides is 1. The van der Waals surface area contributed by atoms with Crippen molar-refractivity contribution < 1.29 is 27.1 Å². The summed E-state index contributed by atoms with van der Waals surface area (Å²) in [5.41, 5.74) is 1.20. The summed E-state index contributed by atoms with van der Waals surface area (Å²) in [4.78, 5) is 25.9. The van der Waals surface area contributed by atoms with Gasteiger partial charge in [0.2, 0.25) is 5.91 Å². The molecule has 1 atom stereocenters. The summed E-state index contributed by atoms with van der Waals surface area (Å²) in [7, 11) is -3.72. The van der Waals surface area contributed by atoms with Crippen molar-refractivity contribution >= 4 is 38.1 Å². The Balaban J connectivity index is 2.51. The fourth-order valence-corrected chi connectivity index (χ4v) is 4.75. The van der Waals surface area contributed by atoms with Crippen LogP contribution < -0.4 is 5.32 Å². The third-order valence-electron chi connectivity index (χ3n) is 4.19. The summed E-state index contributed by atoms with van der Waals surface area (Å²) in [5.74, 6) is -2.18. The molecule has 29 heavy (non-hydrogen) atoms. The normalized spacial score (nSPS) is 12.3. The highest BCUT2D eigenvalue weighted by molar-refractivity contribution is 7.92. The molecule has 1 heterocycles. The number of halogens is 1. The van der Waals surface area contributed by atoms with Crippen LogP contribution in [0.5, 0.6) is 0 Å². The van der Waals surface area contributed by atoms with Gasteiger partial charge in [0.1, 0.15) is 21.6 Å². The average molecular weight is 440 g/mol. The van der Waals surface area contributed by atoms with Gasteiger partial charge in [0.05, 0.1) is 12.4 Å². The average Bonchev–Trinajstić information content (AvgIpc) is 2.97. The molecule has 1 aromatic carbocycles. The smallest absolute Gasteiger partial charge is 0.341 e. The first-order valence-corrected chi connectivity index (χ1v) is 11.3. The first-order valence-electron chi connectivity index (χ1n) is 8.82. The van der Waals surface area contributed by atoms with Gasteiger partial charge in [-0.05, 0) is 38.5 Å². The molecule has 0 aliphatic rings. The van der Waals surface area contributed by atoms with Gasteiger partial charge in [0.15, 0.2) is 9.84 Å². The van der Waals surface area contributed by atoms with Gasteiger partial charge in [-0.1, -0.05) is 18.2 Å². The van der Waals surface area contributed by atoms with E-state index >= 15 is 0 Å². The number of thiophene rings is 1. The van der Waals surface area contributed by atoms with E-state index in [0.717, 1.165) is 11.3 Å². The number of benzene rings is 1. The maximum Gasteiger partial charge on any atom is 0.341 e. The first-order chi connectivity index (χ1) is 13.6. The quantitative estimate of drug-likeness (QED) is 0.497. The number of sulfone groups is 1. The summed E-state index contributed by atoms with van der Waals surface area (Å²) >= 11 is 1.12. The van der Waals surface area contributed by atoms with Gasteiger partial charge < -0.3 is 10.1 Å². The van der Waals surface area contributed by atoms with Crippen LogP contribution in [0.2, 0.25) is 0 Å². The van der Waals surface area contributed by atoms with Gasteiger partial charge in [-0.3, -0.25) is 4.79 Å². The number of carbonyl (C=O) groups is 2. The second-order valence-corrected chi connectivity index (χ2v) is 9.81. The number of carbonyl (C=O) groups excluding carboxylic acids is 2. The molecule has 2 aromatic rings. The highest BCUT2D eigenvalue weighted by atomic mass is 32.2. The summed E-state index contributed by atoms with van der Waals surface area (Å²) in [6.45, 7) is 8.18. The van der Waals surface area contributed by atoms with Crippen molar-refractivity contribution in [1.82, 2.24) is 0 Å². The molecular formula is C20H22FNO5S2. The third-order valence-corrected chi connectivity index (χ3v) is 7.20. The zero-order valence-corrected chi connectivity index (χ0v) is 18.0. The maximum absolute atomic E-state index is 13.3. The molecule has 0 aliphatic heterocycles. The molecule has 0 saturated heterocycles. The second-order valence-electron chi connectivity index (χ2n) is 6.21. The molecule has 0 aliphatic carbocycles. The zero-order valence-electron chi connectivity index (χ0n) is 16.3. The molecule has 1 aromatic heterocycles. The molecule has 0 radical (unpaired) electrons. The highest BCUT2D eigenvalue weighted by Crippen LogP contribution is 2.40. The van der Waals surface area contributed by atoms with Gasteiger partial charge >= 0.3 is 5.97 Å². The molecular weight excluding hydrogens is 417 g/mol. The first kappa shape index (κ1) is 22.8. The van der Waals surface area contributed by atoms with Crippen LogP contribution >= 0.6 is 11.3 Å². The van der Waals surface area contributed by atoms with Gasteiger partial charge in [0, 0.05) is 10.4 Å². The summed E-state index contributed by atoms with van der Waals surface area (Å²) in [6, 6.07) is 5.58. The van der Waals surface area contributed by atoms with Crippen molar-refractivity contribution in [2.75, 3.05) is 17.7 Å². The molecule has 1 amide bonds. The number of anilines is 1. The Labute approximate surface area is 173 Å². The van der Waals surface area contributed by atoms with E-state index in [0.29, 0.717) is 16.0 Å². The van der Waals surface area contributed by atoms with E-state index < -0.39 is 32.8 Å². The molecule has 9 heteroatoms. The van der Waals surface area contributed by atoms with Crippen LogP contribution in [0.3, 0.4) is 0 Å². The zero-order chi connectivity index (χ0) is 21.8. The molecule has 1 N–H and O–H groups in total. The third kappa shape index (κ3) is 5.10. The minimum absolute atomic E-state index is 0.114. The lowest BCUT2D eigenvalue weighted by molar-refractivity contribution is -0.115. The minimum Gasteiger partial charge on any atom is -0.462 e. The van der Waals surface area contributed by atoms with Crippen molar-refractivity contribution in [1.29, 1.82) is 0 Å². The molecule has 6 nitrogen and oxygen atoms in total. The summed E-state index contributed by atoms with van der Waals surface area (Å²) in [6.07, 6.45) is 1.21. The molecule has 2 rings (SSSR count). The lowest BCUT2D eigenvalue weighted by Crippen LogP contribution is -2.33. The van der Waals surface area contributed by atoms with Crippen LogP contribution in [-0.2, 0) is 19.4 Å². The van der Waals surface area contributed by atoms with Gasteiger partial charge in [-0.2, -0.15) is 0 Å². The number of hydrogen-bond donors (Lipinski definition) is 1. The molecule has 0 fully saturated rings. The van der Waals surface area contributed by atoms with Gasteiger partial charge in [-0.25, -0.2) is 17.6 Å². The Kier molecular flexibility index (Phi) is 7.32. The number of ether oxygens (including phenoxy) is 1. The van der Waals surface area contributed by atoms with Crippen LogP contribution in [0.25, 0.3) is 11.1 Å². The predicted octanol–water partition coefficient (Wildman–Crippen LogP) is 3.97. The lowest BCUT2D eigenvalue weighted by Gasteiger charge is -2.13. The number of hydrogen-bond acceptors (Lipinski definition) is 6. The molecule has 0 spiro atoms. The standard InChI is InChI=1S/C20H22FNO5S2/c1-5-11-29(25,26)13(4)18(23)22-19-17(20(24)27-6-2)16(12(3)28-19)14-7-9-15(21)10-8-14/h5,7-10,13H,1,6,11H2,2-4H3,(H,22,23). The fourth-order valence-electron chi connectivity index (χ4n) is 2.68. The molecule has 0 saturated carbocycles. The van der Waals surface area contributed by atoms with Crippen LogP contribution in [-0.4, -0.2) is 37.9 Å². The van der Waals surface area contributed by atoms with Crippen molar-refractivity contribution in [3.8, 4) is 11.1 Å². The molecule has 156 valence electrons. The van der Waals surface area contributed by atoms with E-state index in [-0.39, 0.29) is 22.9 Å². The van der Waals surface area contributed by atoms with Gasteiger partial charge in [0.25, 0.3) is 0 Å². The van der Waals surface area contributed by atoms with Crippen molar-refractivity contribution in [2.45, 2.75) is 26.0 Å². The molecule has 1 unspecified atom stereocenters. The largest absolute Gasteiger partial charge is 0.462 e. The van der Waals surface area contributed by atoms with E-state index in [1.807, 2.05) is 0 Å². The second kappa shape index (κ2) is 9.32. The van der Waals surface area contributed by atoms with Gasteiger partial charge in [-0.15, -0.1) is 17.9 Å². The van der Waals surface area contributed by atoms with E-state index in [1.165, 1.54) is 37.3 Å². The predicted molar refractivity (Wildman–Crippen MR) is 112 cm³/mol. The Bertz CT molecular complexity index is 1030. The Morgan fingerprint density at radius 3 is 2.48 bits per heavy atom. The van der Waals surface area contributed by atoms with Crippen LogP contribution in [0, 0.1) is 12.7 Å².